The van der Waals surface area contributed by atoms with Gasteiger partial charge in [-0.2, -0.15) is 5.10 Å². The maximum atomic E-state index is 12.1. The van der Waals surface area contributed by atoms with Crippen LogP contribution in [0.4, 0.5) is 17.3 Å². The predicted molar refractivity (Wildman–Crippen MR) is 122 cm³/mol. The van der Waals surface area contributed by atoms with E-state index in [1.54, 1.807) is 24.3 Å². The number of aromatic nitrogens is 2. The lowest BCUT2D eigenvalue weighted by Crippen LogP contribution is -2.15. The van der Waals surface area contributed by atoms with Gasteiger partial charge in [0.05, 0.1) is 0 Å². The van der Waals surface area contributed by atoms with E-state index in [9.17, 15) is 9.90 Å². The lowest BCUT2D eigenvalue weighted by molar-refractivity contribution is 0.100. The van der Waals surface area contributed by atoms with E-state index in [-0.39, 0.29) is 11.3 Å². The normalized spacial score (nSPS) is 10.6. The second-order valence-corrected chi connectivity index (χ2v) is 7.19. The molecule has 156 valence electrons. The van der Waals surface area contributed by atoms with Crippen LogP contribution in [0.1, 0.15) is 27.0 Å². The van der Waals surface area contributed by atoms with Gasteiger partial charge in [0, 0.05) is 12.2 Å². The molecule has 0 bridgehead atoms. The van der Waals surface area contributed by atoms with Gasteiger partial charge >= 0.3 is 0 Å². The summed E-state index contributed by atoms with van der Waals surface area (Å²) >= 11 is 0. The zero-order valence-corrected chi connectivity index (χ0v) is 16.8. The molecule has 0 atom stereocenters. The number of phenolic OH excluding ortho intramolecular Hbond substituents is 1. The van der Waals surface area contributed by atoms with Crippen molar-refractivity contribution >= 4 is 23.2 Å². The van der Waals surface area contributed by atoms with Crippen LogP contribution in [0.3, 0.4) is 0 Å². The van der Waals surface area contributed by atoms with Crippen molar-refractivity contribution in [1.82, 2.24) is 10.2 Å². The smallest absolute Gasteiger partial charge is 0.256 e. The van der Waals surface area contributed by atoms with Crippen LogP contribution in [0.25, 0.3) is 0 Å². The Hall–Kier alpha value is -4.26. The fraction of sp³-hybridized carbons (Fsp3) is 0.0833. The first-order valence-corrected chi connectivity index (χ1v) is 9.88. The van der Waals surface area contributed by atoms with Gasteiger partial charge in [-0.1, -0.05) is 54.6 Å². The molecule has 0 aliphatic carbocycles. The molecule has 1 heterocycles. The molecule has 0 unspecified atom stereocenters. The van der Waals surface area contributed by atoms with Crippen molar-refractivity contribution in [2.45, 2.75) is 13.0 Å². The van der Waals surface area contributed by atoms with E-state index in [0.717, 1.165) is 17.7 Å². The highest BCUT2D eigenvalue weighted by Crippen LogP contribution is 2.25. The topological polar surface area (TPSA) is 116 Å². The number of nitrogens with zero attached hydrogens (tertiary/aromatic N) is 1. The van der Waals surface area contributed by atoms with Crippen molar-refractivity contribution in [1.29, 1.82) is 0 Å². The lowest BCUT2D eigenvalue weighted by atomic mass is 10.0. The van der Waals surface area contributed by atoms with Crippen molar-refractivity contribution in [3.8, 4) is 5.75 Å². The number of nitrogens with one attached hydrogen (secondary N) is 3. The Morgan fingerprint density at radius 3 is 2.23 bits per heavy atom. The van der Waals surface area contributed by atoms with Gasteiger partial charge < -0.3 is 21.5 Å². The molecule has 0 aliphatic heterocycles. The molecule has 3 aromatic carbocycles. The molecule has 1 amide bonds. The summed E-state index contributed by atoms with van der Waals surface area (Å²) in [6, 6.07) is 25.0. The quantitative estimate of drug-likeness (QED) is 0.297. The van der Waals surface area contributed by atoms with Crippen LogP contribution in [0.2, 0.25) is 0 Å². The maximum Gasteiger partial charge on any atom is 0.256 e. The SMILES string of the molecule is NC(=O)c1c(Nc2ccc(Cc3ccccc3)cc2)n[nH]c1NCc1ccc(O)cc1. The molecule has 0 radical (unpaired) electrons. The van der Waals surface area contributed by atoms with Crippen molar-refractivity contribution in [3.05, 3.63) is 101 Å². The Labute approximate surface area is 179 Å². The van der Waals surface area contributed by atoms with Gasteiger partial charge in [0.15, 0.2) is 5.82 Å². The van der Waals surface area contributed by atoms with E-state index in [4.69, 9.17) is 5.73 Å². The summed E-state index contributed by atoms with van der Waals surface area (Å²) < 4.78 is 0. The maximum absolute atomic E-state index is 12.1. The molecule has 0 fully saturated rings. The van der Waals surface area contributed by atoms with Crippen LogP contribution in [0.5, 0.6) is 5.75 Å². The van der Waals surface area contributed by atoms with Crippen molar-refractivity contribution in [2.75, 3.05) is 10.6 Å². The first-order chi connectivity index (χ1) is 15.1. The summed E-state index contributed by atoms with van der Waals surface area (Å²) in [4.78, 5) is 12.1. The molecule has 0 aliphatic rings. The summed E-state index contributed by atoms with van der Waals surface area (Å²) in [6.45, 7) is 0.441. The summed E-state index contributed by atoms with van der Waals surface area (Å²) in [5.41, 5.74) is 10.0. The van der Waals surface area contributed by atoms with Crippen LogP contribution in [-0.2, 0) is 13.0 Å². The van der Waals surface area contributed by atoms with Crippen molar-refractivity contribution in [2.24, 2.45) is 5.73 Å². The molecular weight excluding hydrogens is 390 g/mol. The predicted octanol–water partition coefficient (Wildman–Crippen LogP) is 4.16. The Kier molecular flexibility index (Phi) is 5.84. The Balaban J connectivity index is 1.45. The van der Waals surface area contributed by atoms with Crippen LogP contribution >= 0.6 is 0 Å². The number of primary amides is 1. The van der Waals surface area contributed by atoms with Crippen molar-refractivity contribution in [3.63, 3.8) is 0 Å². The number of hydrogen-bond acceptors (Lipinski definition) is 5. The van der Waals surface area contributed by atoms with E-state index in [0.29, 0.717) is 18.2 Å². The monoisotopic (exact) mass is 413 g/mol. The molecular formula is C24H23N5O2. The summed E-state index contributed by atoms with van der Waals surface area (Å²) in [5, 5.41) is 22.7. The molecule has 7 heteroatoms. The molecule has 4 rings (SSSR count). The largest absolute Gasteiger partial charge is 0.508 e. The number of rotatable bonds is 8. The second-order valence-electron chi connectivity index (χ2n) is 7.19. The molecule has 7 nitrogen and oxygen atoms in total. The van der Waals surface area contributed by atoms with E-state index in [1.165, 1.54) is 11.1 Å². The second kappa shape index (κ2) is 9.04. The van der Waals surface area contributed by atoms with Gasteiger partial charge in [0.25, 0.3) is 5.91 Å². The van der Waals surface area contributed by atoms with Crippen LogP contribution in [-0.4, -0.2) is 21.2 Å². The number of aromatic amines is 1. The van der Waals surface area contributed by atoms with Gasteiger partial charge in [0.2, 0.25) is 0 Å². The summed E-state index contributed by atoms with van der Waals surface area (Å²) in [5.74, 6) is 0.398. The van der Waals surface area contributed by atoms with E-state index >= 15 is 0 Å². The van der Waals surface area contributed by atoms with Crippen LogP contribution in [0.15, 0.2) is 78.9 Å². The molecule has 6 N–H and O–H groups in total. The average molecular weight is 413 g/mol. The van der Waals surface area contributed by atoms with Gasteiger partial charge in [-0.05, 0) is 47.4 Å². The van der Waals surface area contributed by atoms with Gasteiger partial charge in [-0.25, -0.2) is 0 Å². The number of nitrogens with two attached hydrogens (primary N) is 1. The zero-order valence-electron chi connectivity index (χ0n) is 16.8. The van der Waals surface area contributed by atoms with Gasteiger partial charge in [-0.15, -0.1) is 0 Å². The number of anilines is 3. The first-order valence-electron chi connectivity index (χ1n) is 9.88. The molecule has 0 saturated heterocycles. The number of benzene rings is 3. The summed E-state index contributed by atoms with van der Waals surface area (Å²) in [7, 11) is 0. The molecule has 0 spiro atoms. The number of hydrogen-bond donors (Lipinski definition) is 5. The standard InChI is InChI=1S/C24H23N5O2/c25-22(31)21-23(26-15-18-8-12-20(30)13-9-18)28-29-24(21)27-19-10-6-17(7-11-19)14-16-4-2-1-3-5-16/h1-13,30H,14-15H2,(H2,25,31)(H3,26,27,28,29). The van der Waals surface area contributed by atoms with Gasteiger partial charge in [-0.3, -0.25) is 9.89 Å². The van der Waals surface area contributed by atoms with Crippen molar-refractivity contribution < 1.29 is 9.90 Å². The Morgan fingerprint density at radius 1 is 0.903 bits per heavy atom. The number of carbonyl (C=O) groups is 1. The molecule has 0 saturated carbocycles. The molecule has 31 heavy (non-hydrogen) atoms. The zero-order chi connectivity index (χ0) is 21.6. The van der Waals surface area contributed by atoms with E-state index in [2.05, 4.69) is 33.0 Å². The number of carbonyl (C=O) groups excluding carboxylic acids is 1. The number of amides is 1. The van der Waals surface area contributed by atoms with Crippen LogP contribution in [0, 0.1) is 0 Å². The first kappa shape index (κ1) is 20.0. The minimum atomic E-state index is -0.592. The Bertz CT molecular complexity index is 1150. The third-order valence-electron chi connectivity index (χ3n) is 4.89. The highest BCUT2D eigenvalue weighted by Gasteiger charge is 2.18. The highest BCUT2D eigenvalue weighted by atomic mass is 16.3. The van der Waals surface area contributed by atoms with Crippen LogP contribution < -0.4 is 16.4 Å². The van der Waals surface area contributed by atoms with E-state index < -0.39 is 5.91 Å². The summed E-state index contributed by atoms with van der Waals surface area (Å²) in [6.07, 6.45) is 0.849. The third kappa shape index (κ3) is 5.02. The fourth-order valence-corrected chi connectivity index (χ4v) is 3.28. The highest BCUT2D eigenvalue weighted by molar-refractivity contribution is 6.03. The fourth-order valence-electron chi connectivity index (χ4n) is 3.28. The lowest BCUT2D eigenvalue weighted by Gasteiger charge is -2.08. The minimum absolute atomic E-state index is 0.199. The number of H-pyrrole nitrogens is 1. The molecule has 4 aromatic rings. The minimum Gasteiger partial charge on any atom is -0.508 e. The molecule has 1 aromatic heterocycles. The Morgan fingerprint density at radius 2 is 1.55 bits per heavy atom. The van der Waals surface area contributed by atoms with E-state index in [1.807, 2.05) is 42.5 Å². The number of aromatic hydroxyl groups is 1. The number of phenols is 1. The third-order valence-corrected chi connectivity index (χ3v) is 4.89. The van der Waals surface area contributed by atoms with Gasteiger partial charge in [0.1, 0.15) is 17.1 Å². The average Bonchev–Trinajstić information content (AvgIpc) is 3.18.